The summed E-state index contributed by atoms with van der Waals surface area (Å²) in [6.45, 7) is 2.68. The molecular formula is C28H35FN2O6. The van der Waals surface area contributed by atoms with E-state index in [1.165, 1.54) is 12.3 Å². The zero-order chi connectivity index (χ0) is 26.3. The molecule has 0 radical (unpaired) electrons. The van der Waals surface area contributed by atoms with Crippen molar-refractivity contribution in [2.24, 2.45) is 0 Å². The lowest BCUT2D eigenvalue weighted by Crippen LogP contribution is -2.32. The highest BCUT2D eigenvalue weighted by Gasteiger charge is 2.07. The van der Waals surface area contributed by atoms with Gasteiger partial charge in [0.25, 0.3) is 0 Å². The average molecular weight is 514 g/mol. The number of nitrogens with one attached hydrogen (secondary N) is 1. The van der Waals surface area contributed by atoms with Crippen molar-refractivity contribution in [3.8, 4) is 23.0 Å². The molecule has 0 bridgehead atoms. The maximum absolute atomic E-state index is 12.8. The maximum Gasteiger partial charge on any atom is 0.212 e. The third-order valence-electron chi connectivity index (χ3n) is 5.50. The van der Waals surface area contributed by atoms with Gasteiger partial charge in [0.05, 0.1) is 27.4 Å². The second kappa shape index (κ2) is 15.7. The predicted octanol–water partition coefficient (Wildman–Crippen LogP) is 3.45. The van der Waals surface area contributed by atoms with Gasteiger partial charge in [-0.05, 0) is 73.0 Å². The third-order valence-corrected chi connectivity index (χ3v) is 5.50. The topological polar surface area (TPSA) is 91.3 Å². The summed E-state index contributed by atoms with van der Waals surface area (Å²) in [5, 5.41) is 13.4. The molecule has 0 spiro atoms. The molecule has 0 aliphatic carbocycles. The van der Waals surface area contributed by atoms with E-state index < -0.39 is 12.1 Å². The lowest BCUT2D eigenvalue weighted by atomic mass is 10.1. The maximum atomic E-state index is 12.8. The number of ether oxygens (including phenoxy) is 5. The molecule has 0 saturated heterocycles. The fourth-order valence-corrected chi connectivity index (χ4v) is 3.49. The van der Waals surface area contributed by atoms with Gasteiger partial charge >= 0.3 is 0 Å². The largest absolute Gasteiger partial charge is 0.493 e. The molecule has 8 nitrogen and oxygen atoms in total. The SMILES string of the molecule is COc1ccc(CCNCC(O)COc2ccc(OCCOCCc3ccc([18F])nc3)cc2)cc1OC. The van der Waals surface area contributed by atoms with Crippen LogP contribution in [0.15, 0.2) is 60.8 Å². The van der Waals surface area contributed by atoms with Crippen LogP contribution in [0.4, 0.5) is 4.39 Å². The number of nitrogens with zero attached hydrogens (tertiary/aromatic N) is 1. The quantitative estimate of drug-likeness (QED) is 0.210. The van der Waals surface area contributed by atoms with Crippen molar-refractivity contribution in [2.75, 3.05) is 53.7 Å². The van der Waals surface area contributed by atoms with Crippen LogP contribution in [0.25, 0.3) is 0 Å². The van der Waals surface area contributed by atoms with Gasteiger partial charge in [-0.15, -0.1) is 0 Å². The minimum absolute atomic E-state index is 0.182. The first-order chi connectivity index (χ1) is 18.1. The van der Waals surface area contributed by atoms with Gasteiger partial charge in [-0.1, -0.05) is 12.1 Å². The number of aliphatic hydroxyl groups is 1. The average Bonchev–Trinajstić information content (AvgIpc) is 2.93. The number of hydrogen-bond acceptors (Lipinski definition) is 8. The number of methoxy groups -OCH3 is 2. The standard InChI is InChI=1S/C28H35FN2O6/c1-33-26-9-3-21(17-27(26)34-2)11-13-30-19-23(32)20-37-25-7-5-24(6-8-25)36-16-15-35-14-12-22-4-10-28(29)31-18-22/h3-10,17-18,23,30,32H,11-16,19-20H2,1-2H3/i29-1. The van der Waals surface area contributed by atoms with E-state index in [2.05, 4.69) is 10.3 Å². The lowest BCUT2D eigenvalue weighted by molar-refractivity contribution is 0.102. The summed E-state index contributed by atoms with van der Waals surface area (Å²) in [5.41, 5.74) is 2.04. The van der Waals surface area contributed by atoms with Gasteiger partial charge in [-0.25, -0.2) is 4.98 Å². The molecule has 37 heavy (non-hydrogen) atoms. The van der Waals surface area contributed by atoms with Gasteiger partial charge in [0.15, 0.2) is 11.5 Å². The summed E-state index contributed by atoms with van der Waals surface area (Å²) >= 11 is 0. The zero-order valence-corrected chi connectivity index (χ0v) is 21.3. The first kappa shape index (κ1) is 28.2. The van der Waals surface area contributed by atoms with E-state index in [0.717, 1.165) is 17.5 Å². The minimum atomic E-state index is -0.635. The predicted molar refractivity (Wildman–Crippen MR) is 138 cm³/mol. The van der Waals surface area contributed by atoms with Crippen LogP contribution in [-0.2, 0) is 17.6 Å². The Kier molecular flexibility index (Phi) is 11.9. The summed E-state index contributed by atoms with van der Waals surface area (Å²) in [7, 11) is 3.23. The molecule has 9 heteroatoms. The molecule has 2 N–H and O–H groups in total. The number of hydrogen-bond donors (Lipinski definition) is 2. The Balaban J connectivity index is 1.24. The van der Waals surface area contributed by atoms with Crippen molar-refractivity contribution in [3.05, 3.63) is 77.9 Å². The van der Waals surface area contributed by atoms with E-state index in [4.69, 9.17) is 23.7 Å². The van der Waals surface area contributed by atoms with Crippen LogP contribution in [0.1, 0.15) is 11.1 Å². The molecule has 1 aromatic heterocycles. The Morgan fingerprint density at radius 1 is 0.838 bits per heavy atom. The molecule has 0 fully saturated rings. The molecule has 0 aliphatic rings. The first-order valence-corrected chi connectivity index (χ1v) is 12.2. The van der Waals surface area contributed by atoms with Crippen molar-refractivity contribution >= 4 is 0 Å². The number of rotatable bonds is 17. The van der Waals surface area contributed by atoms with Crippen LogP contribution < -0.4 is 24.3 Å². The summed E-state index contributed by atoms with van der Waals surface area (Å²) in [6.07, 6.45) is 2.34. The molecule has 1 unspecified atom stereocenters. The summed E-state index contributed by atoms with van der Waals surface area (Å²) in [4.78, 5) is 3.62. The van der Waals surface area contributed by atoms with Crippen molar-refractivity contribution in [1.29, 1.82) is 0 Å². The van der Waals surface area contributed by atoms with Gasteiger partial charge in [0, 0.05) is 12.7 Å². The van der Waals surface area contributed by atoms with Crippen LogP contribution in [0.2, 0.25) is 0 Å². The van der Waals surface area contributed by atoms with Crippen LogP contribution >= 0.6 is 0 Å². The van der Waals surface area contributed by atoms with Gasteiger partial charge in [0.1, 0.15) is 30.8 Å². The van der Waals surface area contributed by atoms with Crippen molar-refractivity contribution in [2.45, 2.75) is 18.9 Å². The molecule has 2 aromatic carbocycles. The van der Waals surface area contributed by atoms with Crippen molar-refractivity contribution in [1.82, 2.24) is 10.3 Å². The normalized spacial score (nSPS) is 11.7. The fourth-order valence-electron chi connectivity index (χ4n) is 3.49. The monoisotopic (exact) mass is 513 g/mol. The van der Waals surface area contributed by atoms with Gasteiger partial charge in [-0.2, -0.15) is 4.39 Å². The highest BCUT2D eigenvalue weighted by atomic mass is 18.2. The Bertz CT molecular complexity index is 1050. The number of aromatic nitrogens is 1. The fraction of sp³-hybridized carbons (Fsp3) is 0.393. The first-order valence-electron chi connectivity index (χ1n) is 12.2. The second-order valence-corrected chi connectivity index (χ2v) is 8.28. The van der Waals surface area contributed by atoms with Crippen LogP contribution in [0, 0.1) is 5.95 Å². The highest BCUT2D eigenvalue weighted by molar-refractivity contribution is 5.43. The van der Waals surface area contributed by atoms with Crippen molar-refractivity contribution in [3.63, 3.8) is 0 Å². The Hall–Kier alpha value is -3.40. The van der Waals surface area contributed by atoms with Gasteiger partial charge in [0.2, 0.25) is 5.95 Å². The molecule has 1 heterocycles. The minimum Gasteiger partial charge on any atom is -0.493 e. The van der Waals surface area contributed by atoms with Crippen molar-refractivity contribution < 1.29 is 33.2 Å². The molecule has 0 aliphatic heterocycles. The lowest BCUT2D eigenvalue weighted by Gasteiger charge is -2.14. The van der Waals surface area contributed by atoms with E-state index in [-0.39, 0.29) is 6.61 Å². The van der Waals surface area contributed by atoms with E-state index >= 15 is 0 Å². The van der Waals surface area contributed by atoms with Gasteiger partial charge in [-0.3, -0.25) is 0 Å². The highest BCUT2D eigenvalue weighted by Crippen LogP contribution is 2.27. The molecule has 200 valence electrons. The van der Waals surface area contributed by atoms with Gasteiger partial charge < -0.3 is 34.1 Å². The second-order valence-electron chi connectivity index (χ2n) is 8.28. The van der Waals surface area contributed by atoms with E-state index in [1.807, 2.05) is 30.3 Å². The Labute approximate surface area is 217 Å². The number of halogens is 1. The smallest absolute Gasteiger partial charge is 0.212 e. The van der Waals surface area contributed by atoms with Crippen LogP contribution in [0.3, 0.4) is 0 Å². The summed E-state index contributed by atoms with van der Waals surface area (Å²) in [5.74, 6) is 2.28. The number of pyridine rings is 1. The number of benzene rings is 2. The molecule has 3 aromatic rings. The third kappa shape index (κ3) is 10.2. The summed E-state index contributed by atoms with van der Waals surface area (Å²) in [6, 6.07) is 16.1. The molecule has 3 rings (SSSR count). The Morgan fingerprint density at radius 3 is 2.27 bits per heavy atom. The molecular weight excluding hydrogens is 478 g/mol. The van der Waals surface area contributed by atoms with E-state index in [0.29, 0.717) is 62.3 Å². The summed E-state index contributed by atoms with van der Waals surface area (Å²) < 4.78 is 40.3. The zero-order valence-electron chi connectivity index (χ0n) is 21.3. The Morgan fingerprint density at radius 2 is 1.57 bits per heavy atom. The molecule has 0 saturated carbocycles. The van der Waals surface area contributed by atoms with Crippen LogP contribution in [-0.4, -0.2) is 69.9 Å². The van der Waals surface area contributed by atoms with E-state index in [1.54, 1.807) is 32.4 Å². The van der Waals surface area contributed by atoms with Crippen LogP contribution in [0.5, 0.6) is 23.0 Å². The van der Waals surface area contributed by atoms with E-state index in [9.17, 15) is 9.50 Å². The number of aliphatic hydroxyl groups excluding tert-OH is 1. The molecule has 1 atom stereocenters. The molecule has 0 amide bonds.